The first kappa shape index (κ1) is 22.8. The van der Waals surface area contributed by atoms with Crippen molar-refractivity contribution in [1.82, 2.24) is 19.2 Å². The van der Waals surface area contributed by atoms with E-state index >= 15 is 0 Å². The molecule has 1 saturated heterocycles. The standard InChI is InChI=1S/C28H31N5O2/c1-20-7-12-25(21(2)18-20)33-27(19-24(29-33)26-6-5-13-30(26)3)28(34)32-16-14-31(15-17-32)22-8-10-23(35-4)11-9-22/h5-13,18-19H,14-17H2,1-4H3. The molecule has 4 aromatic rings. The molecule has 35 heavy (non-hydrogen) atoms. The van der Waals surface area contributed by atoms with E-state index in [1.54, 1.807) is 7.11 Å². The number of aromatic nitrogens is 3. The molecule has 0 spiro atoms. The van der Waals surface area contributed by atoms with Crippen LogP contribution in [0.1, 0.15) is 21.6 Å². The van der Waals surface area contributed by atoms with E-state index in [1.807, 2.05) is 63.8 Å². The second-order valence-corrected chi connectivity index (χ2v) is 9.10. The molecular formula is C28H31N5O2. The zero-order valence-electron chi connectivity index (χ0n) is 20.7. The number of ether oxygens (including phenoxy) is 1. The minimum atomic E-state index is 0.00677. The van der Waals surface area contributed by atoms with E-state index in [4.69, 9.17) is 9.84 Å². The summed E-state index contributed by atoms with van der Waals surface area (Å²) in [6, 6.07) is 20.3. The van der Waals surface area contributed by atoms with Crippen LogP contribution in [-0.4, -0.2) is 58.4 Å². The first-order chi connectivity index (χ1) is 16.9. The molecule has 1 amide bonds. The maximum absolute atomic E-state index is 13.8. The third-order valence-electron chi connectivity index (χ3n) is 6.72. The summed E-state index contributed by atoms with van der Waals surface area (Å²) in [5, 5.41) is 4.90. The fourth-order valence-electron chi connectivity index (χ4n) is 4.74. The molecule has 3 heterocycles. The lowest BCUT2D eigenvalue weighted by molar-refractivity contribution is 0.0737. The number of nitrogens with zero attached hydrogens (tertiary/aromatic N) is 5. The molecular weight excluding hydrogens is 438 g/mol. The predicted octanol–water partition coefficient (Wildman–Crippen LogP) is 4.47. The molecule has 1 fully saturated rings. The summed E-state index contributed by atoms with van der Waals surface area (Å²) in [6.07, 6.45) is 1.99. The molecule has 7 nitrogen and oxygen atoms in total. The van der Waals surface area contributed by atoms with Crippen LogP contribution in [0.5, 0.6) is 5.75 Å². The van der Waals surface area contributed by atoms with Crippen LogP contribution in [0.3, 0.4) is 0 Å². The highest BCUT2D eigenvalue weighted by molar-refractivity contribution is 5.94. The van der Waals surface area contributed by atoms with E-state index in [2.05, 4.69) is 43.0 Å². The number of anilines is 1. The lowest BCUT2D eigenvalue weighted by atomic mass is 10.1. The second kappa shape index (κ2) is 9.33. The van der Waals surface area contributed by atoms with E-state index in [0.29, 0.717) is 18.8 Å². The van der Waals surface area contributed by atoms with Crippen molar-refractivity contribution in [3.8, 4) is 22.8 Å². The smallest absolute Gasteiger partial charge is 0.272 e. The Bertz CT molecular complexity index is 1340. The Labute approximate surface area is 206 Å². The predicted molar refractivity (Wildman–Crippen MR) is 139 cm³/mol. The van der Waals surface area contributed by atoms with Gasteiger partial charge in [0.1, 0.15) is 17.1 Å². The number of methoxy groups -OCH3 is 1. The van der Waals surface area contributed by atoms with Crippen molar-refractivity contribution < 1.29 is 9.53 Å². The molecule has 2 aromatic heterocycles. The van der Waals surface area contributed by atoms with Gasteiger partial charge < -0.3 is 19.1 Å². The van der Waals surface area contributed by atoms with Crippen LogP contribution >= 0.6 is 0 Å². The normalized spacial score (nSPS) is 13.8. The van der Waals surface area contributed by atoms with E-state index in [0.717, 1.165) is 47.2 Å². The van der Waals surface area contributed by atoms with Crippen LogP contribution in [0.2, 0.25) is 0 Å². The largest absolute Gasteiger partial charge is 0.497 e. The fourth-order valence-corrected chi connectivity index (χ4v) is 4.74. The van der Waals surface area contributed by atoms with Gasteiger partial charge in [0.15, 0.2) is 0 Å². The van der Waals surface area contributed by atoms with Gasteiger partial charge in [-0.05, 0) is 67.9 Å². The van der Waals surface area contributed by atoms with Crippen molar-refractivity contribution >= 4 is 11.6 Å². The third-order valence-corrected chi connectivity index (χ3v) is 6.72. The number of piperazine rings is 1. The van der Waals surface area contributed by atoms with Crippen molar-refractivity contribution in [3.05, 3.63) is 83.7 Å². The Balaban J connectivity index is 1.43. The number of carbonyl (C=O) groups excluding carboxylic acids is 1. The molecule has 1 aliphatic rings. The zero-order valence-corrected chi connectivity index (χ0v) is 20.7. The minimum Gasteiger partial charge on any atom is -0.497 e. The Morgan fingerprint density at radius 2 is 1.69 bits per heavy atom. The molecule has 1 aliphatic heterocycles. The number of benzene rings is 2. The van der Waals surface area contributed by atoms with E-state index in [-0.39, 0.29) is 5.91 Å². The lowest BCUT2D eigenvalue weighted by Gasteiger charge is -2.36. The summed E-state index contributed by atoms with van der Waals surface area (Å²) >= 11 is 0. The highest BCUT2D eigenvalue weighted by Gasteiger charge is 2.27. The quantitative estimate of drug-likeness (QED) is 0.433. The molecule has 0 saturated carbocycles. The van der Waals surface area contributed by atoms with Gasteiger partial charge in [0.05, 0.1) is 18.5 Å². The van der Waals surface area contributed by atoms with Crippen molar-refractivity contribution in [2.45, 2.75) is 13.8 Å². The van der Waals surface area contributed by atoms with E-state index in [1.165, 1.54) is 5.56 Å². The zero-order chi connectivity index (χ0) is 24.5. The second-order valence-electron chi connectivity index (χ2n) is 9.10. The number of hydrogen-bond acceptors (Lipinski definition) is 4. The van der Waals surface area contributed by atoms with Gasteiger partial charge in [-0.3, -0.25) is 4.79 Å². The number of aryl methyl sites for hydroxylation is 3. The van der Waals surface area contributed by atoms with Crippen molar-refractivity contribution in [2.75, 3.05) is 38.2 Å². The van der Waals surface area contributed by atoms with E-state index in [9.17, 15) is 4.79 Å². The third kappa shape index (κ3) is 4.41. The van der Waals surface area contributed by atoms with Gasteiger partial charge in [0, 0.05) is 45.1 Å². The summed E-state index contributed by atoms with van der Waals surface area (Å²) in [6.45, 7) is 7.00. The van der Waals surface area contributed by atoms with Gasteiger partial charge in [-0.2, -0.15) is 5.10 Å². The molecule has 0 atom stereocenters. The molecule has 0 unspecified atom stereocenters. The Morgan fingerprint density at radius 1 is 0.943 bits per heavy atom. The number of rotatable bonds is 5. The maximum Gasteiger partial charge on any atom is 0.272 e. The number of amides is 1. The monoisotopic (exact) mass is 469 g/mol. The van der Waals surface area contributed by atoms with Gasteiger partial charge in [0.2, 0.25) is 0 Å². The fraction of sp³-hybridized carbons (Fsp3) is 0.286. The molecule has 2 aromatic carbocycles. The molecule has 0 N–H and O–H groups in total. The summed E-state index contributed by atoms with van der Waals surface area (Å²) in [5.41, 5.74) is 6.70. The summed E-state index contributed by atoms with van der Waals surface area (Å²) < 4.78 is 9.11. The van der Waals surface area contributed by atoms with Crippen molar-refractivity contribution in [2.24, 2.45) is 7.05 Å². The number of hydrogen-bond donors (Lipinski definition) is 0. The number of carbonyl (C=O) groups is 1. The molecule has 0 radical (unpaired) electrons. The van der Waals surface area contributed by atoms with Crippen LogP contribution in [-0.2, 0) is 7.05 Å². The SMILES string of the molecule is COc1ccc(N2CCN(C(=O)c3cc(-c4cccn4C)nn3-c3ccc(C)cc3C)CC2)cc1. The van der Waals surface area contributed by atoms with Crippen LogP contribution in [0.4, 0.5) is 5.69 Å². The van der Waals surface area contributed by atoms with Crippen LogP contribution < -0.4 is 9.64 Å². The molecule has 180 valence electrons. The molecule has 0 aliphatic carbocycles. The van der Waals surface area contributed by atoms with Gasteiger partial charge in [0.25, 0.3) is 5.91 Å². The summed E-state index contributed by atoms with van der Waals surface area (Å²) in [5.74, 6) is 0.851. The lowest BCUT2D eigenvalue weighted by Crippen LogP contribution is -2.49. The first-order valence-electron chi connectivity index (χ1n) is 11.9. The van der Waals surface area contributed by atoms with Gasteiger partial charge >= 0.3 is 0 Å². The Hall–Kier alpha value is -4.00. The summed E-state index contributed by atoms with van der Waals surface area (Å²) in [4.78, 5) is 18.0. The summed E-state index contributed by atoms with van der Waals surface area (Å²) in [7, 11) is 3.66. The van der Waals surface area contributed by atoms with Crippen LogP contribution in [0, 0.1) is 13.8 Å². The molecule has 5 rings (SSSR count). The average Bonchev–Trinajstić information content (AvgIpc) is 3.50. The molecule has 0 bridgehead atoms. The highest BCUT2D eigenvalue weighted by atomic mass is 16.5. The Morgan fingerprint density at radius 3 is 2.31 bits per heavy atom. The Kier molecular flexibility index (Phi) is 6.07. The van der Waals surface area contributed by atoms with Crippen LogP contribution in [0.25, 0.3) is 17.1 Å². The first-order valence-corrected chi connectivity index (χ1v) is 11.9. The van der Waals surface area contributed by atoms with Crippen molar-refractivity contribution in [1.29, 1.82) is 0 Å². The maximum atomic E-state index is 13.8. The highest BCUT2D eigenvalue weighted by Crippen LogP contribution is 2.26. The van der Waals surface area contributed by atoms with Crippen LogP contribution in [0.15, 0.2) is 66.9 Å². The van der Waals surface area contributed by atoms with Gasteiger partial charge in [-0.25, -0.2) is 4.68 Å². The average molecular weight is 470 g/mol. The van der Waals surface area contributed by atoms with E-state index < -0.39 is 0 Å². The van der Waals surface area contributed by atoms with Gasteiger partial charge in [-0.1, -0.05) is 17.7 Å². The van der Waals surface area contributed by atoms with Gasteiger partial charge in [-0.15, -0.1) is 0 Å². The van der Waals surface area contributed by atoms with Crippen molar-refractivity contribution in [3.63, 3.8) is 0 Å². The topological polar surface area (TPSA) is 55.5 Å². The molecule has 7 heteroatoms. The minimum absolute atomic E-state index is 0.00677.